The molecule has 0 saturated heterocycles. The third-order valence-electron chi connectivity index (χ3n) is 2.38. The van der Waals surface area contributed by atoms with Gasteiger partial charge in [-0.25, -0.2) is 0 Å². The third-order valence-corrected chi connectivity index (χ3v) is 2.38. The fourth-order valence-electron chi connectivity index (χ4n) is 1.72. The van der Waals surface area contributed by atoms with Gasteiger partial charge in [0.05, 0.1) is 0 Å². The van der Waals surface area contributed by atoms with Crippen LogP contribution in [0.15, 0.2) is 11.6 Å². The molecule has 0 unspecified atom stereocenters. The molecule has 0 aromatic carbocycles. The first-order valence-corrected chi connectivity index (χ1v) is 4.52. The van der Waals surface area contributed by atoms with Gasteiger partial charge in [-0.05, 0) is 31.3 Å². The van der Waals surface area contributed by atoms with Crippen molar-refractivity contribution in [3.8, 4) is 0 Å². The number of allylic oxidation sites excluding steroid dienone is 2. The molecule has 1 fully saturated rings. The molecule has 0 amide bonds. The van der Waals surface area contributed by atoms with Crippen LogP contribution < -0.4 is 0 Å². The van der Waals surface area contributed by atoms with Gasteiger partial charge < -0.3 is 5.41 Å². The van der Waals surface area contributed by atoms with Crippen LogP contribution in [-0.4, -0.2) is 6.21 Å². The van der Waals surface area contributed by atoms with E-state index in [0.717, 1.165) is 11.5 Å². The van der Waals surface area contributed by atoms with Crippen molar-refractivity contribution < 1.29 is 0 Å². The maximum absolute atomic E-state index is 7.03. The van der Waals surface area contributed by atoms with E-state index in [4.69, 9.17) is 5.41 Å². The lowest BCUT2D eigenvalue weighted by atomic mass is 9.88. The van der Waals surface area contributed by atoms with Crippen LogP contribution in [0.2, 0.25) is 0 Å². The summed E-state index contributed by atoms with van der Waals surface area (Å²) in [6, 6.07) is 0. The second-order valence-electron chi connectivity index (χ2n) is 3.45. The van der Waals surface area contributed by atoms with E-state index in [1.54, 1.807) is 0 Å². The summed E-state index contributed by atoms with van der Waals surface area (Å²) in [6.45, 7) is 2.02. The highest BCUT2D eigenvalue weighted by Crippen LogP contribution is 2.25. The van der Waals surface area contributed by atoms with Crippen LogP contribution in [-0.2, 0) is 0 Å². The van der Waals surface area contributed by atoms with Gasteiger partial charge in [0.15, 0.2) is 0 Å². The molecule has 1 aliphatic rings. The molecule has 0 aliphatic heterocycles. The first-order chi connectivity index (χ1) is 5.33. The van der Waals surface area contributed by atoms with E-state index < -0.39 is 0 Å². The molecular formula is C10H17N. The standard InChI is InChI=1S/C10H17N/c1-9(8-11)7-10-5-3-2-4-6-10/h7-8,10-11H,2-6H2,1H3/b9-7-,11-8?. The second kappa shape index (κ2) is 4.32. The summed E-state index contributed by atoms with van der Waals surface area (Å²) < 4.78 is 0. The summed E-state index contributed by atoms with van der Waals surface area (Å²) in [5, 5.41) is 7.03. The molecule has 0 bridgehead atoms. The van der Waals surface area contributed by atoms with E-state index in [2.05, 4.69) is 6.08 Å². The molecule has 0 spiro atoms. The Morgan fingerprint density at radius 1 is 1.27 bits per heavy atom. The van der Waals surface area contributed by atoms with E-state index in [1.165, 1.54) is 38.3 Å². The van der Waals surface area contributed by atoms with Gasteiger partial charge in [-0.3, -0.25) is 0 Å². The SMILES string of the molecule is C/C(C=N)=C/C1CCCCC1. The van der Waals surface area contributed by atoms with E-state index in [-0.39, 0.29) is 0 Å². The minimum Gasteiger partial charge on any atom is -0.308 e. The van der Waals surface area contributed by atoms with Crippen LogP contribution in [0.4, 0.5) is 0 Å². The predicted octanol–water partition coefficient (Wildman–Crippen LogP) is 3.16. The Morgan fingerprint density at radius 2 is 1.91 bits per heavy atom. The molecule has 0 aromatic heterocycles. The second-order valence-corrected chi connectivity index (χ2v) is 3.45. The average molecular weight is 151 g/mol. The Morgan fingerprint density at radius 3 is 2.45 bits per heavy atom. The summed E-state index contributed by atoms with van der Waals surface area (Å²) in [4.78, 5) is 0. The van der Waals surface area contributed by atoms with Gasteiger partial charge in [0, 0.05) is 6.21 Å². The first-order valence-electron chi connectivity index (χ1n) is 4.52. The lowest BCUT2D eigenvalue weighted by Crippen LogP contribution is -2.03. The van der Waals surface area contributed by atoms with Gasteiger partial charge in [-0.2, -0.15) is 0 Å². The molecule has 62 valence electrons. The Balaban J connectivity index is 2.40. The van der Waals surface area contributed by atoms with Crippen molar-refractivity contribution >= 4 is 6.21 Å². The van der Waals surface area contributed by atoms with Crippen molar-refractivity contribution in [2.75, 3.05) is 0 Å². The van der Waals surface area contributed by atoms with Crippen LogP contribution in [0.3, 0.4) is 0 Å². The topological polar surface area (TPSA) is 23.9 Å². The number of hydrogen-bond donors (Lipinski definition) is 1. The molecule has 1 saturated carbocycles. The molecule has 0 aromatic rings. The van der Waals surface area contributed by atoms with Crippen LogP contribution in [0.5, 0.6) is 0 Å². The lowest BCUT2D eigenvalue weighted by Gasteiger charge is -2.18. The van der Waals surface area contributed by atoms with Gasteiger partial charge in [-0.15, -0.1) is 0 Å². The van der Waals surface area contributed by atoms with Crippen LogP contribution in [0.1, 0.15) is 39.0 Å². The van der Waals surface area contributed by atoms with Crippen molar-refractivity contribution in [2.24, 2.45) is 5.92 Å². The van der Waals surface area contributed by atoms with Crippen LogP contribution in [0.25, 0.3) is 0 Å². The van der Waals surface area contributed by atoms with Crippen molar-refractivity contribution in [1.29, 1.82) is 5.41 Å². The molecule has 1 heteroatoms. The number of nitrogens with one attached hydrogen (secondary N) is 1. The Labute approximate surface area is 69.0 Å². The summed E-state index contributed by atoms with van der Waals surface area (Å²) in [7, 11) is 0. The van der Waals surface area contributed by atoms with E-state index in [9.17, 15) is 0 Å². The fraction of sp³-hybridized carbons (Fsp3) is 0.700. The quantitative estimate of drug-likeness (QED) is 0.586. The van der Waals surface area contributed by atoms with E-state index in [1.807, 2.05) is 6.92 Å². The molecule has 0 heterocycles. The average Bonchev–Trinajstić information content (AvgIpc) is 2.06. The van der Waals surface area contributed by atoms with E-state index >= 15 is 0 Å². The van der Waals surface area contributed by atoms with Crippen molar-refractivity contribution in [3.63, 3.8) is 0 Å². The smallest absolute Gasteiger partial charge is 0.0203 e. The number of hydrogen-bond acceptors (Lipinski definition) is 1. The Kier molecular flexibility index (Phi) is 3.34. The first kappa shape index (κ1) is 8.51. The van der Waals surface area contributed by atoms with Crippen molar-refractivity contribution in [1.82, 2.24) is 0 Å². The van der Waals surface area contributed by atoms with Gasteiger partial charge in [0.25, 0.3) is 0 Å². The normalized spacial score (nSPS) is 21.7. The number of rotatable bonds is 2. The summed E-state index contributed by atoms with van der Waals surface area (Å²) >= 11 is 0. The molecule has 11 heavy (non-hydrogen) atoms. The Bertz CT molecular complexity index is 152. The maximum Gasteiger partial charge on any atom is 0.0203 e. The van der Waals surface area contributed by atoms with Gasteiger partial charge in [0.2, 0.25) is 0 Å². The van der Waals surface area contributed by atoms with Crippen molar-refractivity contribution in [2.45, 2.75) is 39.0 Å². The summed E-state index contributed by atoms with van der Waals surface area (Å²) in [5.74, 6) is 0.769. The highest BCUT2D eigenvalue weighted by atomic mass is 14.3. The zero-order valence-electron chi connectivity index (χ0n) is 7.27. The highest BCUT2D eigenvalue weighted by Gasteiger charge is 2.09. The van der Waals surface area contributed by atoms with Crippen LogP contribution >= 0.6 is 0 Å². The molecular weight excluding hydrogens is 134 g/mol. The van der Waals surface area contributed by atoms with Gasteiger partial charge in [-0.1, -0.05) is 25.3 Å². The molecule has 1 nitrogen and oxygen atoms in total. The highest BCUT2D eigenvalue weighted by molar-refractivity contribution is 5.74. The lowest BCUT2D eigenvalue weighted by molar-refractivity contribution is 0.418. The molecule has 0 radical (unpaired) electrons. The summed E-state index contributed by atoms with van der Waals surface area (Å²) in [6.07, 6.45) is 10.6. The summed E-state index contributed by atoms with van der Waals surface area (Å²) in [5.41, 5.74) is 1.12. The minimum atomic E-state index is 0.769. The van der Waals surface area contributed by atoms with Crippen molar-refractivity contribution in [3.05, 3.63) is 11.6 Å². The van der Waals surface area contributed by atoms with Gasteiger partial charge >= 0.3 is 0 Å². The molecule has 1 rings (SSSR count). The maximum atomic E-state index is 7.03. The third kappa shape index (κ3) is 2.87. The monoisotopic (exact) mass is 151 g/mol. The molecule has 0 atom stereocenters. The van der Waals surface area contributed by atoms with E-state index in [0.29, 0.717) is 0 Å². The minimum absolute atomic E-state index is 0.769. The fourth-order valence-corrected chi connectivity index (χ4v) is 1.72. The molecule has 1 N–H and O–H groups in total. The Hall–Kier alpha value is -0.590. The predicted molar refractivity (Wildman–Crippen MR) is 49.1 cm³/mol. The largest absolute Gasteiger partial charge is 0.308 e. The van der Waals surface area contributed by atoms with Crippen LogP contribution in [0, 0.1) is 11.3 Å². The molecule has 1 aliphatic carbocycles. The zero-order chi connectivity index (χ0) is 8.10. The van der Waals surface area contributed by atoms with Gasteiger partial charge in [0.1, 0.15) is 0 Å². The zero-order valence-corrected chi connectivity index (χ0v) is 7.27.